The van der Waals surface area contributed by atoms with Crippen molar-refractivity contribution < 1.29 is 14.3 Å². The van der Waals surface area contributed by atoms with Gasteiger partial charge in [-0.15, -0.1) is 0 Å². The Hall–Kier alpha value is -1.75. The quantitative estimate of drug-likeness (QED) is 0.864. The van der Waals surface area contributed by atoms with Crippen LogP contribution in [0, 0.1) is 5.92 Å². The number of nitrogens with one attached hydrogen (secondary N) is 2. The SMILES string of the molecule is O=C(NCCc1ccc2c(c1)OCO2)C1CCNCC1. The number of carbonyl (C=O) groups is 1. The predicted molar refractivity (Wildman–Crippen MR) is 74.9 cm³/mol. The minimum absolute atomic E-state index is 0.174. The monoisotopic (exact) mass is 276 g/mol. The van der Waals surface area contributed by atoms with Crippen molar-refractivity contribution in [2.45, 2.75) is 19.3 Å². The standard InChI is InChI=1S/C15H20N2O3/c18-15(12-4-6-16-7-5-12)17-8-3-11-1-2-13-14(9-11)20-10-19-13/h1-2,9,12,16H,3-8,10H2,(H,17,18). The Morgan fingerprint density at radius 3 is 2.90 bits per heavy atom. The molecule has 5 nitrogen and oxygen atoms in total. The molecule has 0 aromatic heterocycles. The van der Waals surface area contributed by atoms with Gasteiger partial charge in [-0.05, 0) is 50.0 Å². The average molecular weight is 276 g/mol. The summed E-state index contributed by atoms with van der Waals surface area (Å²) >= 11 is 0. The van der Waals surface area contributed by atoms with Crippen LogP contribution < -0.4 is 20.1 Å². The summed E-state index contributed by atoms with van der Waals surface area (Å²) in [5, 5.41) is 6.30. The fourth-order valence-corrected chi connectivity index (χ4v) is 2.65. The fraction of sp³-hybridized carbons (Fsp3) is 0.533. The van der Waals surface area contributed by atoms with Gasteiger partial charge in [-0.3, -0.25) is 4.79 Å². The molecule has 2 aliphatic rings. The van der Waals surface area contributed by atoms with Crippen LogP contribution >= 0.6 is 0 Å². The molecule has 108 valence electrons. The van der Waals surface area contributed by atoms with Crippen LogP contribution in [0.4, 0.5) is 0 Å². The van der Waals surface area contributed by atoms with Crippen LogP contribution in [0.1, 0.15) is 18.4 Å². The second-order valence-corrected chi connectivity index (χ2v) is 5.25. The van der Waals surface area contributed by atoms with Crippen LogP contribution in [0.5, 0.6) is 11.5 Å². The largest absolute Gasteiger partial charge is 0.454 e. The lowest BCUT2D eigenvalue weighted by molar-refractivity contribution is -0.125. The zero-order chi connectivity index (χ0) is 13.8. The van der Waals surface area contributed by atoms with Gasteiger partial charge in [0, 0.05) is 12.5 Å². The molecule has 1 amide bonds. The van der Waals surface area contributed by atoms with E-state index in [1.165, 1.54) is 0 Å². The predicted octanol–water partition coefficient (Wildman–Crippen LogP) is 1.07. The number of rotatable bonds is 4. The third-order valence-electron chi connectivity index (χ3n) is 3.86. The van der Waals surface area contributed by atoms with Crippen molar-refractivity contribution in [2.24, 2.45) is 5.92 Å². The normalized spacial score (nSPS) is 18.0. The van der Waals surface area contributed by atoms with Crippen molar-refractivity contribution in [2.75, 3.05) is 26.4 Å². The number of fused-ring (bicyclic) bond motifs is 1. The summed E-state index contributed by atoms with van der Waals surface area (Å²) in [6.45, 7) is 2.86. The highest BCUT2D eigenvalue weighted by molar-refractivity contribution is 5.78. The summed E-state index contributed by atoms with van der Waals surface area (Å²) in [6.07, 6.45) is 2.69. The molecule has 1 aromatic carbocycles. The van der Waals surface area contributed by atoms with E-state index in [1.54, 1.807) is 0 Å². The first-order chi connectivity index (χ1) is 9.83. The number of hydrogen-bond acceptors (Lipinski definition) is 4. The summed E-state index contributed by atoms with van der Waals surface area (Å²) < 4.78 is 10.6. The average Bonchev–Trinajstić information content (AvgIpc) is 2.95. The second kappa shape index (κ2) is 6.13. The highest BCUT2D eigenvalue weighted by atomic mass is 16.7. The molecule has 0 aliphatic carbocycles. The fourth-order valence-electron chi connectivity index (χ4n) is 2.65. The zero-order valence-corrected chi connectivity index (χ0v) is 11.5. The Labute approximate surface area is 118 Å². The first-order valence-corrected chi connectivity index (χ1v) is 7.20. The molecule has 0 unspecified atom stereocenters. The third kappa shape index (κ3) is 3.04. The van der Waals surface area contributed by atoms with E-state index in [4.69, 9.17) is 9.47 Å². The Morgan fingerprint density at radius 2 is 2.05 bits per heavy atom. The molecule has 1 fully saturated rings. The topological polar surface area (TPSA) is 59.6 Å². The summed E-state index contributed by atoms with van der Waals surface area (Å²) in [7, 11) is 0. The molecule has 0 saturated carbocycles. The lowest BCUT2D eigenvalue weighted by atomic mass is 9.97. The summed E-state index contributed by atoms with van der Waals surface area (Å²) in [4.78, 5) is 12.0. The maximum atomic E-state index is 12.0. The number of amides is 1. The lowest BCUT2D eigenvalue weighted by Gasteiger charge is -2.21. The molecule has 1 saturated heterocycles. The van der Waals surface area contributed by atoms with Gasteiger partial charge in [-0.1, -0.05) is 6.07 Å². The van der Waals surface area contributed by atoms with E-state index in [9.17, 15) is 4.79 Å². The van der Waals surface area contributed by atoms with Gasteiger partial charge in [0.1, 0.15) is 0 Å². The van der Waals surface area contributed by atoms with E-state index < -0.39 is 0 Å². The van der Waals surface area contributed by atoms with Crippen LogP contribution in [-0.4, -0.2) is 32.3 Å². The van der Waals surface area contributed by atoms with Crippen molar-refractivity contribution in [1.82, 2.24) is 10.6 Å². The Balaban J connectivity index is 1.46. The van der Waals surface area contributed by atoms with Crippen molar-refractivity contribution in [1.29, 1.82) is 0 Å². The summed E-state index contributed by atoms with van der Waals surface area (Å²) in [5.74, 6) is 1.96. The van der Waals surface area contributed by atoms with E-state index >= 15 is 0 Å². The highest BCUT2D eigenvalue weighted by Crippen LogP contribution is 2.32. The molecular formula is C15H20N2O3. The van der Waals surface area contributed by atoms with Crippen LogP contribution in [-0.2, 0) is 11.2 Å². The van der Waals surface area contributed by atoms with E-state index in [0.717, 1.165) is 49.4 Å². The van der Waals surface area contributed by atoms with Gasteiger partial charge < -0.3 is 20.1 Å². The molecule has 2 heterocycles. The molecule has 1 aromatic rings. The van der Waals surface area contributed by atoms with Crippen LogP contribution in [0.2, 0.25) is 0 Å². The van der Waals surface area contributed by atoms with E-state index in [1.807, 2.05) is 18.2 Å². The van der Waals surface area contributed by atoms with Gasteiger partial charge in [-0.25, -0.2) is 0 Å². The van der Waals surface area contributed by atoms with Gasteiger partial charge in [0.25, 0.3) is 0 Å². The first kappa shape index (κ1) is 13.2. The number of carbonyl (C=O) groups excluding carboxylic acids is 1. The number of ether oxygens (including phenoxy) is 2. The molecule has 0 spiro atoms. The molecule has 20 heavy (non-hydrogen) atoms. The Bertz CT molecular complexity index is 484. The number of piperidine rings is 1. The summed E-state index contributed by atoms with van der Waals surface area (Å²) in [5.41, 5.74) is 1.15. The van der Waals surface area contributed by atoms with Gasteiger partial charge in [-0.2, -0.15) is 0 Å². The van der Waals surface area contributed by atoms with Crippen molar-refractivity contribution in [3.8, 4) is 11.5 Å². The smallest absolute Gasteiger partial charge is 0.231 e. The van der Waals surface area contributed by atoms with E-state index in [0.29, 0.717) is 13.3 Å². The molecule has 0 bridgehead atoms. The maximum Gasteiger partial charge on any atom is 0.231 e. The van der Waals surface area contributed by atoms with Crippen molar-refractivity contribution in [3.63, 3.8) is 0 Å². The molecule has 2 N–H and O–H groups in total. The van der Waals surface area contributed by atoms with E-state index in [-0.39, 0.29) is 11.8 Å². The van der Waals surface area contributed by atoms with Gasteiger partial charge in [0.05, 0.1) is 0 Å². The van der Waals surface area contributed by atoms with Crippen LogP contribution in [0.25, 0.3) is 0 Å². The van der Waals surface area contributed by atoms with Crippen molar-refractivity contribution >= 4 is 5.91 Å². The minimum Gasteiger partial charge on any atom is -0.454 e. The molecule has 3 rings (SSSR count). The Kier molecular flexibility index (Phi) is 4.06. The van der Waals surface area contributed by atoms with Gasteiger partial charge >= 0.3 is 0 Å². The molecule has 5 heteroatoms. The highest BCUT2D eigenvalue weighted by Gasteiger charge is 2.20. The van der Waals surface area contributed by atoms with E-state index in [2.05, 4.69) is 10.6 Å². The van der Waals surface area contributed by atoms with Crippen LogP contribution in [0.15, 0.2) is 18.2 Å². The van der Waals surface area contributed by atoms with Crippen LogP contribution in [0.3, 0.4) is 0 Å². The molecule has 2 aliphatic heterocycles. The zero-order valence-electron chi connectivity index (χ0n) is 11.5. The van der Waals surface area contributed by atoms with Gasteiger partial charge in [0.2, 0.25) is 12.7 Å². The molecule has 0 radical (unpaired) electrons. The second-order valence-electron chi connectivity index (χ2n) is 5.25. The third-order valence-corrected chi connectivity index (χ3v) is 3.86. The van der Waals surface area contributed by atoms with Gasteiger partial charge in [0.15, 0.2) is 11.5 Å². The molecular weight excluding hydrogens is 256 g/mol. The number of benzene rings is 1. The maximum absolute atomic E-state index is 12.0. The minimum atomic E-state index is 0.174. The summed E-state index contributed by atoms with van der Waals surface area (Å²) in [6, 6.07) is 5.93. The van der Waals surface area contributed by atoms with Crippen molar-refractivity contribution in [3.05, 3.63) is 23.8 Å². The molecule has 0 atom stereocenters. The lowest BCUT2D eigenvalue weighted by Crippen LogP contribution is -2.38. The first-order valence-electron chi connectivity index (χ1n) is 7.20. The Morgan fingerprint density at radius 1 is 1.25 bits per heavy atom. The number of hydrogen-bond donors (Lipinski definition) is 2.